The Kier molecular flexibility index (Phi) is 9.11. The minimum Gasteiger partial charge on any atom is -0.504 e. The van der Waals surface area contributed by atoms with Gasteiger partial charge in [-0.3, -0.25) is 5.32 Å². The number of phenolic OH excluding ortho intramolecular Hbond substituents is 1. The van der Waals surface area contributed by atoms with Gasteiger partial charge in [-0.15, -0.1) is 11.8 Å². The first-order chi connectivity index (χ1) is 14.0. The molecule has 2 aromatic rings. The van der Waals surface area contributed by atoms with Crippen LogP contribution < -0.4 is 10.1 Å². The first kappa shape index (κ1) is 22.9. The van der Waals surface area contributed by atoms with E-state index in [1.54, 1.807) is 36.0 Å². The van der Waals surface area contributed by atoms with Crippen molar-refractivity contribution >= 4 is 23.5 Å². The van der Waals surface area contributed by atoms with Gasteiger partial charge in [0.2, 0.25) is 0 Å². The lowest BCUT2D eigenvalue weighted by atomic mass is 10.0. The highest BCUT2D eigenvalue weighted by Gasteiger charge is 2.28. The molecule has 0 saturated heterocycles. The fraction of sp³-hybridized carbons (Fsp3) is 0.381. The molecule has 0 fully saturated rings. The van der Waals surface area contributed by atoms with Crippen LogP contribution in [0.2, 0.25) is 0 Å². The van der Waals surface area contributed by atoms with Crippen molar-refractivity contribution in [2.45, 2.75) is 30.4 Å². The summed E-state index contributed by atoms with van der Waals surface area (Å²) in [5, 5.41) is 22.2. The normalized spacial score (nSPS) is 12.8. The molecule has 0 bridgehead atoms. The van der Waals surface area contributed by atoms with Crippen LogP contribution in [0.1, 0.15) is 25.0 Å². The molecule has 0 aliphatic heterocycles. The largest absolute Gasteiger partial charge is 0.504 e. The molecule has 0 aliphatic rings. The molecule has 2 atom stereocenters. The molecule has 1 amide bonds. The number of rotatable bonds is 10. The zero-order valence-corrected chi connectivity index (χ0v) is 17.6. The van der Waals surface area contributed by atoms with Crippen LogP contribution in [-0.2, 0) is 9.47 Å². The van der Waals surface area contributed by atoms with Crippen LogP contribution in [0.4, 0.5) is 10.5 Å². The quantitative estimate of drug-likeness (QED) is 0.495. The second kappa shape index (κ2) is 11.5. The molecule has 3 N–H and O–H groups in total. The van der Waals surface area contributed by atoms with Gasteiger partial charge in [0.15, 0.2) is 17.6 Å². The molecule has 8 heteroatoms. The first-order valence-corrected chi connectivity index (χ1v) is 10.5. The second-order valence-corrected chi connectivity index (χ2v) is 7.00. The van der Waals surface area contributed by atoms with E-state index in [0.29, 0.717) is 23.6 Å². The maximum absolute atomic E-state index is 12.5. The number of benzene rings is 2. The van der Waals surface area contributed by atoms with Gasteiger partial charge in [-0.05, 0) is 55.1 Å². The molecule has 0 radical (unpaired) electrons. The Hall–Kier alpha value is -2.42. The second-order valence-electron chi connectivity index (χ2n) is 6.12. The number of hydrogen-bond acceptors (Lipinski definition) is 7. The number of hydrogen-bond donors (Lipinski definition) is 3. The lowest BCUT2D eigenvalue weighted by molar-refractivity contribution is -0.0484. The van der Waals surface area contributed by atoms with Crippen LogP contribution in [0.5, 0.6) is 11.5 Å². The summed E-state index contributed by atoms with van der Waals surface area (Å²) < 4.78 is 16.4. The molecule has 2 rings (SSSR count). The van der Waals surface area contributed by atoms with Crippen molar-refractivity contribution < 1.29 is 29.2 Å². The van der Waals surface area contributed by atoms with Gasteiger partial charge in [0.25, 0.3) is 0 Å². The molecule has 0 aliphatic carbocycles. The standard InChI is InChI=1S/C21H27NO6S/c1-4-27-19(11-12-23)20(14-5-10-18(26-2)17(24)13-14)28-21(25)22-15-6-8-16(29-3)9-7-15/h5-10,13,19-20,23-24H,4,11-12H2,1-3H3,(H,22,25)/t19-,20-/m0/s1. The first-order valence-electron chi connectivity index (χ1n) is 9.23. The monoisotopic (exact) mass is 421 g/mol. The van der Waals surface area contributed by atoms with Gasteiger partial charge in [0.1, 0.15) is 6.10 Å². The molecule has 7 nitrogen and oxygen atoms in total. The molecule has 29 heavy (non-hydrogen) atoms. The summed E-state index contributed by atoms with van der Waals surface area (Å²) in [7, 11) is 1.45. The van der Waals surface area contributed by atoms with Gasteiger partial charge in [0, 0.05) is 30.2 Å². The van der Waals surface area contributed by atoms with Crippen LogP contribution in [0, 0.1) is 0 Å². The predicted octanol–water partition coefficient (Wildman–Crippen LogP) is 4.20. The molecule has 0 spiro atoms. The third kappa shape index (κ3) is 6.56. The highest BCUT2D eigenvalue weighted by Crippen LogP contribution is 2.33. The van der Waals surface area contributed by atoms with Crippen molar-refractivity contribution in [3.05, 3.63) is 48.0 Å². The Bertz CT molecular complexity index is 777. The van der Waals surface area contributed by atoms with Gasteiger partial charge in [-0.25, -0.2) is 4.79 Å². The fourth-order valence-electron chi connectivity index (χ4n) is 2.84. The molecule has 158 valence electrons. The molecule has 2 aromatic carbocycles. The minimum absolute atomic E-state index is 0.0779. The van der Waals surface area contributed by atoms with Crippen molar-refractivity contribution in [3.63, 3.8) is 0 Å². The number of aromatic hydroxyl groups is 1. The predicted molar refractivity (Wildman–Crippen MR) is 113 cm³/mol. The number of ether oxygens (including phenoxy) is 3. The lowest BCUT2D eigenvalue weighted by Gasteiger charge is -2.27. The van der Waals surface area contributed by atoms with E-state index in [4.69, 9.17) is 14.2 Å². The highest BCUT2D eigenvalue weighted by molar-refractivity contribution is 7.98. The molecule has 0 heterocycles. The maximum Gasteiger partial charge on any atom is 0.412 e. The highest BCUT2D eigenvalue weighted by atomic mass is 32.2. The Morgan fingerprint density at radius 2 is 1.93 bits per heavy atom. The third-order valence-electron chi connectivity index (χ3n) is 4.23. The number of aliphatic hydroxyl groups is 1. The summed E-state index contributed by atoms with van der Waals surface area (Å²) in [6.07, 6.45) is 0.165. The van der Waals surface area contributed by atoms with Gasteiger partial charge in [-0.1, -0.05) is 6.07 Å². The number of carbonyl (C=O) groups is 1. The Morgan fingerprint density at radius 1 is 1.21 bits per heavy atom. The number of anilines is 1. The van der Waals surface area contributed by atoms with E-state index in [1.165, 1.54) is 13.2 Å². The molecule has 0 aromatic heterocycles. The topological polar surface area (TPSA) is 97.2 Å². The van der Waals surface area contributed by atoms with E-state index in [1.807, 2.05) is 25.3 Å². The van der Waals surface area contributed by atoms with E-state index >= 15 is 0 Å². The maximum atomic E-state index is 12.5. The summed E-state index contributed by atoms with van der Waals surface area (Å²) >= 11 is 1.61. The van der Waals surface area contributed by atoms with Crippen molar-refractivity contribution in [1.29, 1.82) is 0 Å². The van der Waals surface area contributed by atoms with Gasteiger partial charge < -0.3 is 24.4 Å². The molecule has 0 unspecified atom stereocenters. The molecule has 0 saturated carbocycles. The summed E-state index contributed by atoms with van der Waals surface area (Å²) in [6.45, 7) is 2.06. The smallest absolute Gasteiger partial charge is 0.412 e. The molecular weight excluding hydrogens is 394 g/mol. The summed E-state index contributed by atoms with van der Waals surface area (Å²) in [6, 6.07) is 12.1. The Morgan fingerprint density at radius 3 is 2.48 bits per heavy atom. The van der Waals surface area contributed by atoms with Crippen LogP contribution in [-0.4, -0.2) is 49.0 Å². The van der Waals surface area contributed by atoms with Crippen LogP contribution in [0.15, 0.2) is 47.4 Å². The number of amides is 1. The van der Waals surface area contributed by atoms with Gasteiger partial charge in [0.05, 0.1) is 7.11 Å². The molecular formula is C21H27NO6S. The third-order valence-corrected chi connectivity index (χ3v) is 4.98. The van der Waals surface area contributed by atoms with E-state index < -0.39 is 18.3 Å². The van der Waals surface area contributed by atoms with Crippen molar-refractivity contribution in [2.24, 2.45) is 0 Å². The number of thioether (sulfide) groups is 1. The average molecular weight is 422 g/mol. The number of phenols is 1. The van der Waals surface area contributed by atoms with Crippen molar-refractivity contribution in [2.75, 3.05) is 31.9 Å². The fourth-order valence-corrected chi connectivity index (χ4v) is 3.25. The number of methoxy groups -OCH3 is 1. The van der Waals surface area contributed by atoms with E-state index in [2.05, 4.69) is 5.32 Å². The van der Waals surface area contributed by atoms with Crippen LogP contribution >= 0.6 is 11.8 Å². The lowest BCUT2D eigenvalue weighted by Crippen LogP contribution is -2.29. The zero-order valence-electron chi connectivity index (χ0n) is 16.8. The van der Waals surface area contributed by atoms with E-state index in [-0.39, 0.29) is 18.8 Å². The Labute approximate surface area is 175 Å². The minimum atomic E-state index is -0.829. The Balaban J connectivity index is 2.23. The van der Waals surface area contributed by atoms with Crippen LogP contribution in [0.3, 0.4) is 0 Å². The number of aliphatic hydroxyl groups excluding tert-OH is 1. The van der Waals surface area contributed by atoms with E-state index in [9.17, 15) is 15.0 Å². The number of nitrogens with one attached hydrogen (secondary N) is 1. The summed E-state index contributed by atoms with van der Waals surface area (Å²) in [5.41, 5.74) is 1.13. The van der Waals surface area contributed by atoms with Crippen LogP contribution in [0.25, 0.3) is 0 Å². The van der Waals surface area contributed by atoms with Crippen molar-refractivity contribution in [1.82, 2.24) is 0 Å². The van der Waals surface area contributed by atoms with Gasteiger partial charge >= 0.3 is 6.09 Å². The zero-order chi connectivity index (χ0) is 21.2. The SMILES string of the molecule is CCO[C@@H](CCO)[C@@H](OC(=O)Nc1ccc(SC)cc1)c1ccc(OC)c(O)c1. The number of carbonyl (C=O) groups excluding carboxylic acids is 1. The van der Waals surface area contributed by atoms with Crippen molar-refractivity contribution in [3.8, 4) is 11.5 Å². The van der Waals surface area contributed by atoms with Gasteiger partial charge in [-0.2, -0.15) is 0 Å². The summed E-state index contributed by atoms with van der Waals surface area (Å²) in [5.74, 6) is 0.229. The van der Waals surface area contributed by atoms with E-state index in [0.717, 1.165) is 4.90 Å². The average Bonchev–Trinajstić information content (AvgIpc) is 2.72. The summed E-state index contributed by atoms with van der Waals surface area (Å²) in [4.78, 5) is 13.6.